The summed E-state index contributed by atoms with van der Waals surface area (Å²) in [6.07, 6.45) is -2.72. The van der Waals surface area contributed by atoms with Crippen LogP contribution >= 0.6 is 0 Å². The van der Waals surface area contributed by atoms with Crippen molar-refractivity contribution in [3.05, 3.63) is 64.2 Å². The van der Waals surface area contributed by atoms with Crippen LogP contribution in [-0.4, -0.2) is 29.3 Å². The highest BCUT2D eigenvalue weighted by atomic mass is 19.4. The van der Waals surface area contributed by atoms with Gasteiger partial charge in [0.1, 0.15) is 11.5 Å². The topological polar surface area (TPSA) is 72.8 Å². The molecule has 0 aliphatic rings. The molecule has 0 spiro atoms. The Bertz CT molecular complexity index is 991. The van der Waals surface area contributed by atoms with Crippen molar-refractivity contribution in [1.29, 1.82) is 0 Å². The van der Waals surface area contributed by atoms with Gasteiger partial charge in [0.25, 0.3) is 0 Å². The fourth-order valence-electron chi connectivity index (χ4n) is 2.98. The third-order valence-corrected chi connectivity index (χ3v) is 4.10. The quantitative estimate of drug-likeness (QED) is 0.466. The molecule has 2 aromatic carbocycles. The second kappa shape index (κ2) is 9.02. The zero-order chi connectivity index (χ0) is 22.6. The first-order chi connectivity index (χ1) is 13.9. The van der Waals surface area contributed by atoms with Crippen molar-refractivity contribution in [2.75, 3.05) is 0 Å². The van der Waals surface area contributed by atoms with E-state index in [1.54, 1.807) is 33.8 Å². The molecule has 0 aliphatic carbocycles. The highest BCUT2D eigenvalue weighted by molar-refractivity contribution is 6.09. The molecule has 0 unspecified atom stereocenters. The molecular weight excluding hydrogens is 401 g/mol. The maximum absolute atomic E-state index is 12.6. The lowest BCUT2D eigenvalue weighted by Crippen LogP contribution is -2.18. The van der Waals surface area contributed by atoms with Crippen molar-refractivity contribution >= 4 is 17.8 Å². The summed E-state index contributed by atoms with van der Waals surface area (Å²) >= 11 is 0. The Morgan fingerprint density at radius 2 is 1.77 bits per heavy atom. The number of carbonyl (C=O) groups is 2. The zero-order valence-electron chi connectivity index (χ0n) is 16.8. The largest absolute Gasteiger partial charge is 0.573 e. The van der Waals surface area contributed by atoms with Gasteiger partial charge in [-0.1, -0.05) is 12.1 Å². The Balaban J connectivity index is 2.47. The molecule has 0 fully saturated rings. The number of alkyl halides is 3. The first-order valence-electron chi connectivity index (χ1n) is 9.02. The molecule has 0 saturated carbocycles. The normalized spacial score (nSPS) is 11.7. The summed E-state index contributed by atoms with van der Waals surface area (Å²) in [6, 6.07) is 6.58. The predicted octanol–water partition coefficient (Wildman–Crippen LogP) is 5.58. The lowest BCUT2D eigenvalue weighted by atomic mass is 9.97. The number of ether oxygens (including phenoxy) is 2. The first-order valence-corrected chi connectivity index (χ1v) is 9.02. The molecule has 0 bridgehead atoms. The second-order valence-corrected chi connectivity index (χ2v) is 6.83. The number of halogens is 3. The maximum Gasteiger partial charge on any atom is 0.573 e. The smallest absolute Gasteiger partial charge is 0.490 e. The summed E-state index contributed by atoms with van der Waals surface area (Å²) in [5.74, 6) is -2.13. The van der Waals surface area contributed by atoms with Gasteiger partial charge in [0.05, 0.1) is 17.2 Å². The third-order valence-electron chi connectivity index (χ3n) is 4.10. The minimum atomic E-state index is -4.93. The molecule has 2 aromatic rings. The minimum absolute atomic E-state index is 0.0954. The molecule has 0 amide bonds. The Kier molecular flexibility index (Phi) is 6.92. The Morgan fingerprint density at radius 3 is 2.33 bits per heavy atom. The van der Waals surface area contributed by atoms with Gasteiger partial charge in [-0.25, -0.2) is 4.79 Å². The van der Waals surface area contributed by atoms with Crippen molar-refractivity contribution in [3.63, 3.8) is 0 Å². The Hall–Kier alpha value is -3.29. The number of benzene rings is 2. The van der Waals surface area contributed by atoms with E-state index in [0.717, 1.165) is 12.1 Å². The van der Waals surface area contributed by atoms with Crippen LogP contribution < -0.4 is 9.47 Å². The van der Waals surface area contributed by atoms with Crippen molar-refractivity contribution in [3.8, 4) is 11.5 Å². The lowest BCUT2D eigenvalue weighted by Gasteiger charge is -2.18. The van der Waals surface area contributed by atoms with Gasteiger partial charge in [0, 0.05) is 11.1 Å². The van der Waals surface area contributed by atoms with E-state index in [4.69, 9.17) is 4.74 Å². The van der Waals surface area contributed by atoms with Crippen LogP contribution in [0.25, 0.3) is 6.08 Å². The molecule has 2 rings (SSSR count). The standard InChI is InChI=1S/C22H21F3O5/c1-12(2)29-20-14(4)19(21(27)28)13(3)11-15(20)9-10-17(26)16-7-5-6-8-18(16)30-22(23,24)25/h5-12H,1-4H3,(H,27,28). The molecule has 0 aromatic heterocycles. The van der Waals surface area contributed by atoms with Crippen molar-refractivity contribution in [2.45, 2.75) is 40.2 Å². The number of carboxylic acids is 1. The number of carboxylic acid groups (broad SMARTS) is 1. The Morgan fingerprint density at radius 1 is 1.13 bits per heavy atom. The summed E-state index contributed by atoms with van der Waals surface area (Å²) in [7, 11) is 0. The number of rotatable bonds is 7. The van der Waals surface area contributed by atoms with Crippen LogP contribution in [0, 0.1) is 13.8 Å². The molecule has 1 N–H and O–H groups in total. The molecule has 0 atom stereocenters. The molecule has 30 heavy (non-hydrogen) atoms. The van der Waals surface area contributed by atoms with Crippen LogP contribution in [0.5, 0.6) is 11.5 Å². The highest BCUT2D eigenvalue weighted by Crippen LogP contribution is 2.32. The van der Waals surface area contributed by atoms with E-state index in [2.05, 4.69) is 4.74 Å². The lowest BCUT2D eigenvalue weighted by molar-refractivity contribution is -0.274. The van der Waals surface area contributed by atoms with Crippen LogP contribution in [0.4, 0.5) is 13.2 Å². The second-order valence-electron chi connectivity index (χ2n) is 6.83. The average Bonchev–Trinajstić information content (AvgIpc) is 2.61. The highest BCUT2D eigenvalue weighted by Gasteiger charge is 2.32. The van der Waals surface area contributed by atoms with Crippen LogP contribution in [0.3, 0.4) is 0 Å². The monoisotopic (exact) mass is 422 g/mol. The summed E-state index contributed by atoms with van der Waals surface area (Å²) in [5, 5.41) is 9.45. The molecule has 0 radical (unpaired) electrons. The molecular formula is C22H21F3O5. The SMILES string of the molecule is Cc1cc(C=CC(=O)c2ccccc2OC(F)(F)F)c(OC(C)C)c(C)c1C(=O)O. The van der Waals surface area contributed by atoms with E-state index in [9.17, 15) is 27.9 Å². The number of hydrogen-bond donors (Lipinski definition) is 1. The molecule has 0 heterocycles. The van der Waals surface area contributed by atoms with Crippen molar-refractivity contribution < 1.29 is 37.3 Å². The van der Waals surface area contributed by atoms with Gasteiger partial charge < -0.3 is 14.6 Å². The molecule has 0 aliphatic heterocycles. The zero-order valence-corrected chi connectivity index (χ0v) is 16.8. The van der Waals surface area contributed by atoms with Crippen LogP contribution in [0.2, 0.25) is 0 Å². The fraction of sp³-hybridized carbons (Fsp3) is 0.273. The van der Waals surface area contributed by atoms with Gasteiger partial charge in [-0.05, 0) is 63.6 Å². The molecule has 5 nitrogen and oxygen atoms in total. The van der Waals surface area contributed by atoms with E-state index < -0.39 is 23.9 Å². The van der Waals surface area contributed by atoms with Crippen LogP contribution in [0.1, 0.15) is 51.3 Å². The van der Waals surface area contributed by atoms with Gasteiger partial charge in [0.2, 0.25) is 0 Å². The first kappa shape index (κ1) is 23.0. The maximum atomic E-state index is 12.6. The van der Waals surface area contributed by atoms with E-state index in [1.165, 1.54) is 24.3 Å². The summed E-state index contributed by atoms with van der Waals surface area (Å²) < 4.78 is 47.4. The van der Waals surface area contributed by atoms with E-state index in [0.29, 0.717) is 16.7 Å². The van der Waals surface area contributed by atoms with Gasteiger partial charge in [0.15, 0.2) is 5.78 Å². The number of carbonyl (C=O) groups excluding carboxylic acids is 1. The van der Waals surface area contributed by atoms with Gasteiger partial charge in [-0.2, -0.15) is 0 Å². The Labute approximate surface area is 171 Å². The number of allylic oxidation sites excluding steroid dienone is 1. The number of aryl methyl sites for hydroxylation is 1. The minimum Gasteiger partial charge on any atom is -0.490 e. The number of para-hydroxylation sites is 1. The van der Waals surface area contributed by atoms with Crippen molar-refractivity contribution in [1.82, 2.24) is 0 Å². The summed E-state index contributed by atoms with van der Waals surface area (Å²) in [4.78, 5) is 24.1. The fourth-order valence-corrected chi connectivity index (χ4v) is 2.98. The summed E-state index contributed by atoms with van der Waals surface area (Å²) in [5.41, 5.74) is 1.13. The van der Waals surface area contributed by atoms with E-state index >= 15 is 0 Å². The van der Waals surface area contributed by atoms with Gasteiger partial charge in [-0.15, -0.1) is 13.2 Å². The van der Waals surface area contributed by atoms with Crippen molar-refractivity contribution in [2.24, 2.45) is 0 Å². The third kappa shape index (κ3) is 5.62. The molecule has 0 saturated heterocycles. The van der Waals surface area contributed by atoms with Crippen LogP contribution in [-0.2, 0) is 0 Å². The van der Waals surface area contributed by atoms with E-state index in [-0.39, 0.29) is 23.0 Å². The van der Waals surface area contributed by atoms with Gasteiger partial charge in [-0.3, -0.25) is 4.79 Å². The molecule has 160 valence electrons. The van der Waals surface area contributed by atoms with Gasteiger partial charge >= 0.3 is 12.3 Å². The number of hydrogen-bond acceptors (Lipinski definition) is 4. The van der Waals surface area contributed by atoms with E-state index in [1.807, 2.05) is 0 Å². The summed E-state index contributed by atoms with van der Waals surface area (Å²) in [6.45, 7) is 6.74. The molecule has 8 heteroatoms. The number of ketones is 1. The average molecular weight is 422 g/mol. The van der Waals surface area contributed by atoms with Crippen LogP contribution in [0.15, 0.2) is 36.4 Å². The number of aromatic carboxylic acids is 1. The predicted molar refractivity (Wildman–Crippen MR) is 105 cm³/mol.